The molecule has 21 heavy (non-hydrogen) atoms. The van der Waals surface area contributed by atoms with Crippen LogP contribution in [-0.2, 0) is 9.84 Å². The minimum Gasteiger partial charge on any atom is -0.271 e. The first-order valence-electron chi connectivity index (χ1n) is 7.73. The van der Waals surface area contributed by atoms with Crippen molar-refractivity contribution in [1.29, 1.82) is 0 Å². The Morgan fingerprint density at radius 1 is 1.33 bits per heavy atom. The van der Waals surface area contributed by atoms with Gasteiger partial charge in [0.25, 0.3) is 0 Å². The number of rotatable bonds is 5. The van der Waals surface area contributed by atoms with Gasteiger partial charge in [0, 0.05) is 12.3 Å². The highest BCUT2D eigenvalue weighted by Gasteiger charge is 2.40. The molecule has 0 aromatic heterocycles. The van der Waals surface area contributed by atoms with Crippen LogP contribution in [0.4, 0.5) is 0 Å². The average Bonchev–Trinajstić information content (AvgIpc) is 3.06. The molecule has 0 spiro atoms. The molecule has 5 heteroatoms. The van der Waals surface area contributed by atoms with Crippen LogP contribution in [0.2, 0.25) is 0 Å². The van der Waals surface area contributed by atoms with E-state index in [0.717, 1.165) is 29.7 Å². The quantitative estimate of drug-likeness (QED) is 0.647. The first-order valence-corrected chi connectivity index (χ1v) is 9.62. The minimum atomic E-state index is -3.17. The van der Waals surface area contributed by atoms with Crippen LogP contribution in [0.25, 0.3) is 0 Å². The average molecular weight is 308 g/mol. The normalized spacial score (nSPS) is 29.7. The number of hydrogen-bond acceptors (Lipinski definition) is 4. The molecule has 2 aliphatic carbocycles. The summed E-state index contributed by atoms with van der Waals surface area (Å²) in [4.78, 5) is 0.369. The van der Waals surface area contributed by atoms with Crippen LogP contribution < -0.4 is 11.3 Å². The Balaban J connectivity index is 1.77. The van der Waals surface area contributed by atoms with Crippen LogP contribution in [0.15, 0.2) is 29.2 Å². The van der Waals surface area contributed by atoms with Crippen LogP contribution in [0.5, 0.6) is 0 Å². The van der Waals surface area contributed by atoms with Gasteiger partial charge in [0.2, 0.25) is 0 Å². The molecular formula is C16H24N2O2S. The molecule has 2 fully saturated rings. The summed E-state index contributed by atoms with van der Waals surface area (Å²) in [6.07, 6.45) is 7.69. The van der Waals surface area contributed by atoms with Crippen molar-refractivity contribution < 1.29 is 8.42 Å². The van der Waals surface area contributed by atoms with E-state index in [9.17, 15) is 8.42 Å². The van der Waals surface area contributed by atoms with Gasteiger partial charge in [-0.1, -0.05) is 18.6 Å². The fraction of sp³-hybridized carbons (Fsp3) is 0.625. The molecule has 0 saturated heterocycles. The molecule has 116 valence electrons. The predicted molar refractivity (Wildman–Crippen MR) is 83.2 cm³/mol. The zero-order valence-electron chi connectivity index (χ0n) is 12.5. The third-order valence-corrected chi connectivity index (χ3v) is 6.42. The van der Waals surface area contributed by atoms with Gasteiger partial charge in [-0.15, -0.1) is 0 Å². The van der Waals surface area contributed by atoms with Crippen molar-refractivity contribution in [2.24, 2.45) is 23.6 Å². The lowest BCUT2D eigenvalue weighted by Crippen LogP contribution is -2.30. The molecule has 2 aliphatic rings. The second-order valence-electron chi connectivity index (χ2n) is 6.73. The fourth-order valence-corrected chi connectivity index (χ4v) is 4.91. The lowest BCUT2D eigenvalue weighted by atomic mass is 9.83. The van der Waals surface area contributed by atoms with Gasteiger partial charge in [-0.25, -0.2) is 8.42 Å². The van der Waals surface area contributed by atoms with Crippen molar-refractivity contribution in [3.8, 4) is 0 Å². The Hall–Kier alpha value is -0.910. The molecule has 2 bridgehead atoms. The Labute approximate surface area is 127 Å². The van der Waals surface area contributed by atoms with Gasteiger partial charge in [0.05, 0.1) is 4.90 Å². The van der Waals surface area contributed by atoms with Gasteiger partial charge in [0.15, 0.2) is 9.84 Å². The van der Waals surface area contributed by atoms with E-state index in [1.54, 1.807) is 18.2 Å². The van der Waals surface area contributed by atoms with Gasteiger partial charge in [-0.2, -0.15) is 0 Å². The molecular weight excluding hydrogens is 284 g/mol. The number of sulfone groups is 1. The van der Waals surface area contributed by atoms with Gasteiger partial charge in [0.1, 0.15) is 0 Å². The second kappa shape index (κ2) is 5.71. The van der Waals surface area contributed by atoms with Crippen LogP contribution >= 0.6 is 0 Å². The molecule has 1 aromatic carbocycles. The van der Waals surface area contributed by atoms with E-state index < -0.39 is 9.84 Å². The highest BCUT2D eigenvalue weighted by molar-refractivity contribution is 7.90. The summed E-state index contributed by atoms with van der Waals surface area (Å²) in [5, 5.41) is 0. The smallest absolute Gasteiger partial charge is 0.175 e. The van der Waals surface area contributed by atoms with Crippen LogP contribution in [-0.4, -0.2) is 14.7 Å². The summed E-state index contributed by atoms with van der Waals surface area (Å²) < 4.78 is 23.4. The summed E-state index contributed by atoms with van der Waals surface area (Å²) in [5.41, 5.74) is 3.86. The Kier molecular flexibility index (Phi) is 4.08. The molecule has 0 heterocycles. The van der Waals surface area contributed by atoms with E-state index in [1.807, 2.05) is 6.07 Å². The third kappa shape index (κ3) is 3.15. The number of fused-ring (bicyclic) bond motifs is 2. The van der Waals surface area contributed by atoms with E-state index in [2.05, 4.69) is 5.43 Å². The van der Waals surface area contributed by atoms with E-state index in [0.29, 0.717) is 4.90 Å². The molecule has 4 atom stereocenters. The summed E-state index contributed by atoms with van der Waals surface area (Å²) in [6.45, 7) is 0. The molecule has 0 aliphatic heterocycles. The fourth-order valence-electron chi connectivity index (χ4n) is 4.23. The summed E-state index contributed by atoms with van der Waals surface area (Å²) in [7, 11) is -3.17. The lowest BCUT2D eigenvalue weighted by Gasteiger charge is -2.26. The first-order chi connectivity index (χ1) is 9.97. The zero-order chi connectivity index (χ0) is 15.0. The third-order valence-electron chi connectivity index (χ3n) is 5.31. The predicted octanol–water partition coefficient (Wildman–Crippen LogP) is 2.42. The zero-order valence-corrected chi connectivity index (χ0v) is 13.3. The highest BCUT2D eigenvalue weighted by atomic mass is 32.2. The number of benzene rings is 1. The van der Waals surface area contributed by atoms with Crippen molar-refractivity contribution >= 4 is 9.84 Å². The van der Waals surface area contributed by atoms with E-state index in [-0.39, 0.29) is 6.04 Å². The number of hydrazine groups is 1. The van der Waals surface area contributed by atoms with Crippen LogP contribution in [0.1, 0.15) is 43.7 Å². The molecule has 3 rings (SSSR count). The molecule has 0 radical (unpaired) electrons. The molecule has 2 saturated carbocycles. The summed E-state index contributed by atoms with van der Waals surface area (Å²) in [5.74, 6) is 8.24. The standard InChI is InChI=1S/C16H24N2O2S/c1-21(19,20)15-4-2-3-13(9-15)16(18-17)10-14-8-11-5-6-12(14)7-11/h2-4,9,11-12,14,16,18H,5-8,10,17H2,1H3. The maximum atomic E-state index is 11.7. The Bertz CT molecular complexity index is 614. The van der Waals surface area contributed by atoms with Gasteiger partial charge in [-0.3, -0.25) is 11.3 Å². The van der Waals surface area contributed by atoms with Gasteiger partial charge < -0.3 is 0 Å². The van der Waals surface area contributed by atoms with E-state index in [4.69, 9.17) is 5.84 Å². The van der Waals surface area contributed by atoms with Crippen LogP contribution in [0.3, 0.4) is 0 Å². The van der Waals surface area contributed by atoms with Crippen molar-refractivity contribution in [1.82, 2.24) is 5.43 Å². The van der Waals surface area contributed by atoms with Gasteiger partial charge in [-0.05, 0) is 61.1 Å². The van der Waals surface area contributed by atoms with E-state index >= 15 is 0 Å². The van der Waals surface area contributed by atoms with Crippen molar-refractivity contribution in [3.63, 3.8) is 0 Å². The molecule has 3 N–H and O–H groups in total. The van der Waals surface area contributed by atoms with E-state index in [1.165, 1.54) is 31.9 Å². The summed E-state index contributed by atoms with van der Waals surface area (Å²) in [6, 6.07) is 7.20. The number of nitrogens with two attached hydrogens (primary N) is 1. The minimum absolute atomic E-state index is 0.0380. The topological polar surface area (TPSA) is 72.2 Å². The Morgan fingerprint density at radius 2 is 2.14 bits per heavy atom. The SMILES string of the molecule is CS(=O)(=O)c1cccc(C(CC2CC3CCC2C3)NN)c1. The molecule has 4 unspecified atom stereocenters. The molecule has 4 nitrogen and oxygen atoms in total. The van der Waals surface area contributed by atoms with Gasteiger partial charge >= 0.3 is 0 Å². The van der Waals surface area contributed by atoms with Crippen LogP contribution in [0, 0.1) is 17.8 Å². The van der Waals surface area contributed by atoms with Crippen molar-refractivity contribution in [3.05, 3.63) is 29.8 Å². The number of hydrogen-bond donors (Lipinski definition) is 2. The van der Waals surface area contributed by atoms with Crippen molar-refractivity contribution in [2.75, 3.05) is 6.26 Å². The monoisotopic (exact) mass is 308 g/mol. The van der Waals surface area contributed by atoms with Crippen molar-refractivity contribution in [2.45, 2.75) is 43.0 Å². The highest BCUT2D eigenvalue weighted by Crippen LogP contribution is 2.50. The second-order valence-corrected chi connectivity index (χ2v) is 8.75. The summed E-state index contributed by atoms with van der Waals surface area (Å²) >= 11 is 0. The Morgan fingerprint density at radius 3 is 2.71 bits per heavy atom. The largest absolute Gasteiger partial charge is 0.271 e. The molecule has 1 aromatic rings. The maximum absolute atomic E-state index is 11.7. The maximum Gasteiger partial charge on any atom is 0.175 e. The number of nitrogens with one attached hydrogen (secondary N) is 1. The first kappa shape index (κ1) is 15.0. The molecule has 0 amide bonds. The lowest BCUT2D eigenvalue weighted by molar-refractivity contribution is 0.280.